The highest BCUT2D eigenvalue weighted by Crippen LogP contribution is 2.29. The molecule has 12 heavy (non-hydrogen) atoms. The number of nitrogens with zero attached hydrogens (tertiary/aromatic N) is 2. The first-order valence-corrected chi connectivity index (χ1v) is 5.34. The van der Waals surface area contributed by atoms with E-state index in [1.165, 1.54) is 0 Å². The Morgan fingerprint density at radius 2 is 2.08 bits per heavy atom. The largest absolute Gasteiger partial charge is 0.143 e. The Balaban J connectivity index is 2.88. The van der Waals surface area contributed by atoms with E-state index in [1.807, 2.05) is 0 Å². The van der Waals surface area contributed by atoms with E-state index in [9.17, 15) is 0 Å². The maximum atomic E-state index is 5.64. The smallest absolute Gasteiger partial charge is 0.132 e. The van der Waals surface area contributed by atoms with E-state index in [0.717, 1.165) is 16.4 Å². The Hall–Kier alpha value is -0.150. The summed E-state index contributed by atoms with van der Waals surface area (Å²) in [5.74, 6) is 0.470. The van der Waals surface area contributed by atoms with Crippen molar-refractivity contribution in [2.24, 2.45) is 0 Å². The van der Waals surface area contributed by atoms with Crippen molar-refractivity contribution in [2.45, 2.75) is 38.5 Å². The molecule has 0 unspecified atom stereocenters. The van der Waals surface area contributed by atoms with Crippen LogP contribution in [0.2, 0.25) is 0 Å². The van der Waals surface area contributed by atoms with E-state index in [-0.39, 0.29) is 5.41 Å². The van der Waals surface area contributed by atoms with E-state index in [1.54, 1.807) is 11.3 Å². The highest BCUT2D eigenvalue weighted by molar-refractivity contribution is 7.11. The molecule has 0 saturated heterocycles. The third-order valence-corrected chi connectivity index (χ3v) is 3.74. The van der Waals surface area contributed by atoms with Crippen LogP contribution < -0.4 is 0 Å². The molecule has 1 aromatic heterocycles. The van der Waals surface area contributed by atoms with Gasteiger partial charge in [0.2, 0.25) is 0 Å². The third kappa shape index (κ3) is 1.96. The van der Waals surface area contributed by atoms with Crippen LogP contribution in [0.5, 0.6) is 0 Å². The van der Waals surface area contributed by atoms with Crippen molar-refractivity contribution >= 4 is 22.9 Å². The molecule has 68 valence electrons. The maximum Gasteiger partial charge on any atom is 0.132 e. The minimum absolute atomic E-state index is 0.141. The molecule has 0 fully saturated rings. The molecular weight excluding hydrogens is 192 g/mol. The van der Waals surface area contributed by atoms with Crippen LogP contribution in [0, 0.1) is 0 Å². The summed E-state index contributed by atoms with van der Waals surface area (Å²) in [5, 5.41) is 10.1. The lowest BCUT2D eigenvalue weighted by Crippen LogP contribution is -2.14. The zero-order valence-corrected chi connectivity index (χ0v) is 9.17. The fourth-order valence-corrected chi connectivity index (χ4v) is 1.81. The van der Waals surface area contributed by atoms with Gasteiger partial charge in [0.25, 0.3) is 0 Å². The van der Waals surface area contributed by atoms with Crippen LogP contribution in [-0.4, -0.2) is 10.2 Å². The Morgan fingerprint density at radius 3 is 2.50 bits per heavy atom. The first-order valence-electron chi connectivity index (χ1n) is 3.99. The van der Waals surface area contributed by atoms with Crippen molar-refractivity contribution in [3.63, 3.8) is 0 Å². The Labute approximate surface area is 82.0 Å². The van der Waals surface area contributed by atoms with Crippen molar-refractivity contribution in [3.05, 3.63) is 10.0 Å². The van der Waals surface area contributed by atoms with E-state index < -0.39 is 0 Å². The van der Waals surface area contributed by atoms with E-state index in [4.69, 9.17) is 11.6 Å². The van der Waals surface area contributed by atoms with Gasteiger partial charge in [-0.05, 0) is 6.42 Å². The third-order valence-electron chi connectivity index (χ3n) is 2.04. The minimum Gasteiger partial charge on any atom is -0.143 e. The zero-order valence-electron chi connectivity index (χ0n) is 7.59. The fourth-order valence-electron chi connectivity index (χ4n) is 0.732. The van der Waals surface area contributed by atoms with E-state index in [0.29, 0.717) is 5.88 Å². The quantitative estimate of drug-likeness (QED) is 0.708. The molecule has 0 atom stereocenters. The molecule has 0 spiro atoms. The van der Waals surface area contributed by atoms with Crippen molar-refractivity contribution in [1.29, 1.82) is 0 Å². The fraction of sp³-hybridized carbons (Fsp3) is 0.750. The Bertz CT molecular complexity index is 257. The van der Waals surface area contributed by atoms with E-state index in [2.05, 4.69) is 31.0 Å². The lowest BCUT2D eigenvalue weighted by atomic mass is 9.91. The summed E-state index contributed by atoms with van der Waals surface area (Å²) in [7, 11) is 0. The van der Waals surface area contributed by atoms with Crippen LogP contribution in [-0.2, 0) is 11.3 Å². The van der Waals surface area contributed by atoms with Crippen LogP contribution >= 0.6 is 22.9 Å². The Kier molecular flexibility index (Phi) is 3.07. The number of hydrogen-bond donors (Lipinski definition) is 0. The summed E-state index contributed by atoms with van der Waals surface area (Å²) < 4.78 is 0. The number of alkyl halides is 1. The predicted octanol–water partition coefficient (Wildman–Crippen LogP) is 2.96. The molecule has 4 heteroatoms. The molecule has 0 amide bonds. The zero-order chi connectivity index (χ0) is 9.19. The molecule has 0 radical (unpaired) electrons. The molecule has 0 aliphatic heterocycles. The first-order chi connectivity index (χ1) is 5.60. The van der Waals surface area contributed by atoms with Gasteiger partial charge < -0.3 is 0 Å². The summed E-state index contributed by atoms with van der Waals surface area (Å²) in [5.41, 5.74) is 0.141. The van der Waals surface area contributed by atoms with E-state index >= 15 is 0 Å². The van der Waals surface area contributed by atoms with Gasteiger partial charge in [0.05, 0.1) is 5.88 Å². The number of rotatable bonds is 3. The molecule has 0 aliphatic carbocycles. The maximum absolute atomic E-state index is 5.64. The van der Waals surface area contributed by atoms with Gasteiger partial charge in [0.1, 0.15) is 10.0 Å². The molecule has 1 heterocycles. The van der Waals surface area contributed by atoms with Gasteiger partial charge in [-0.2, -0.15) is 0 Å². The van der Waals surface area contributed by atoms with Gasteiger partial charge in [0.15, 0.2) is 0 Å². The molecule has 2 nitrogen and oxygen atoms in total. The SMILES string of the molecule is CCC(C)(C)c1nnc(CCl)s1. The predicted molar refractivity (Wildman–Crippen MR) is 52.8 cm³/mol. The lowest BCUT2D eigenvalue weighted by molar-refractivity contribution is 0.498. The summed E-state index contributed by atoms with van der Waals surface area (Å²) >= 11 is 7.25. The molecule has 0 N–H and O–H groups in total. The van der Waals surface area contributed by atoms with Crippen LogP contribution in [0.25, 0.3) is 0 Å². The summed E-state index contributed by atoms with van der Waals surface area (Å²) in [4.78, 5) is 0. The average molecular weight is 205 g/mol. The van der Waals surface area contributed by atoms with Gasteiger partial charge in [-0.3, -0.25) is 0 Å². The van der Waals surface area contributed by atoms with Crippen molar-refractivity contribution in [3.8, 4) is 0 Å². The molecule has 0 aliphatic rings. The summed E-state index contributed by atoms with van der Waals surface area (Å²) in [6.45, 7) is 6.50. The van der Waals surface area contributed by atoms with Crippen LogP contribution in [0.1, 0.15) is 37.2 Å². The lowest BCUT2D eigenvalue weighted by Gasteiger charge is -2.17. The topological polar surface area (TPSA) is 25.8 Å². The monoisotopic (exact) mass is 204 g/mol. The van der Waals surface area contributed by atoms with Crippen LogP contribution in [0.4, 0.5) is 0 Å². The van der Waals surface area contributed by atoms with Gasteiger partial charge in [-0.15, -0.1) is 21.8 Å². The molecule has 0 aromatic carbocycles. The number of aromatic nitrogens is 2. The standard InChI is InChI=1S/C8H13ClN2S/c1-4-8(2,3)7-11-10-6(5-9)12-7/h4-5H2,1-3H3. The van der Waals surface area contributed by atoms with Gasteiger partial charge in [-0.25, -0.2) is 0 Å². The van der Waals surface area contributed by atoms with Gasteiger partial charge >= 0.3 is 0 Å². The summed E-state index contributed by atoms with van der Waals surface area (Å²) in [6, 6.07) is 0. The van der Waals surface area contributed by atoms with Crippen LogP contribution in [0.3, 0.4) is 0 Å². The molecular formula is C8H13ClN2S. The number of halogens is 1. The summed E-state index contributed by atoms with van der Waals surface area (Å²) in [6.07, 6.45) is 1.07. The van der Waals surface area contributed by atoms with Gasteiger partial charge in [0, 0.05) is 5.41 Å². The first kappa shape index (κ1) is 9.93. The minimum atomic E-state index is 0.141. The second kappa shape index (κ2) is 3.71. The van der Waals surface area contributed by atoms with Crippen LogP contribution in [0.15, 0.2) is 0 Å². The van der Waals surface area contributed by atoms with Gasteiger partial charge in [-0.1, -0.05) is 32.1 Å². The van der Waals surface area contributed by atoms with Crippen molar-refractivity contribution in [2.75, 3.05) is 0 Å². The highest BCUT2D eigenvalue weighted by atomic mass is 35.5. The molecule has 1 rings (SSSR count). The second-order valence-electron chi connectivity index (χ2n) is 3.37. The van der Waals surface area contributed by atoms with Crippen molar-refractivity contribution < 1.29 is 0 Å². The molecule has 0 saturated carbocycles. The number of hydrogen-bond acceptors (Lipinski definition) is 3. The molecule has 0 bridgehead atoms. The van der Waals surface area contributed by atoms with Crippen molar-refractivity contribution in [1.82, 2.24) is 10.2 Å². The second-order valence-corrected chi connectivity index (χ2v) is 4.70. The average Bonchev–Trinajstić information content (AvgIpc) is 2.52. The highest BCUT2D eigenvalue weighted by Gasteiger charge is 2.22. The molecule has 1 aromatic rings. The Morgan fingerprint density at radius 1 is 1.42 bits per heavy atom. The normalized spacial score (nSPS) is 12.0.